The van der Waals surface area contributed by atoms with Crippen LogP contribution in [0.3, 0.4) is 0 Å². The summed E-state index contributed by atoms with van der Waals surface area (Å²) in [6.45, 7) is 0. The van der Waals surface area contributed by atoms with Crippen LogP contribution in [0, 0.1) is 0 Å². The van der Waals surface area contributed by atoms with Gasteiger partial charge in [-0.3, -0.25) is 9.36 Å². The van der Waals surface area contributed by atoms with Crippen LogP contribution in [0.1, 0.15) is 0 Å². The molecule has 3 nitrogen and oxygen atoms in total. The van der Waals surface area contributed by atoms with Crippen molar-refractivity contribution in [2.45, 2.75) is 0 Å². The molecule has 188 valence electrons. The second-order valence-corrected chi connectivity index (χ2v) is 10.2. The molecule has 40 heavy (non-hydrogen) atoms. The van der Waals surface area contributed by atoms with Crippen LogP contribution in [-0.2, 0) is 0 Å². The minimum absolute atomic E-state index is 0.00260. The smallest absolute Gasteiger partial charge is 0.263 e. The molecule has 0 aliphatic heterocycles. The highest BCUT2D eigenvalue weighted by Crippen LogP contribution is 2.35. The van der Waals surface area contributed by atoms with E-state index in [-0.39, 0.29) is 5.56 Å². The van der Waals surface area contributed by atoms with E-state index in [1.165, 1.54) is 21.8 Å². The van der Waals surface area contributed by atoms with Crippen molar-refractivity contribution >= 4 is 43.5 Å². The first-order valence-electron chi connectivity index (χ1n) is 13.5. The van der Waals surface area contributed by atoms with Crippen LogP contribution in [0.2, 0.25) is 0 Å². The first kappa shape index (κ1) is 22.6. The molecule has 0 bridgehead atoms. The van der Waals surface area contributed by atoms with Crippen LogP contribution in [0.4, 0.5) is 0 Å². The standard InChI is InChI=1S/C37H24N2O/c40-37-32-15-5-4-12-29(32)30-13-6-9-17-35(30)39(37)28-21-18-25(19-22-28)26-20-23-36-33(24-26)31-14-7-8-16-34(31)38(36)27-10-2-1-3-11-27/h1-24H. The Bertz CT molecular complexity index is 2270. The molecule has 6 aromatic carbocycles. The Hall–Kier alpha value is -5.41. The summed E-state index contributed by atoms with van der Waals surface area (Å²) in [4.78, 5) is 13.6. The van der Waals surface area contributed by atoms with Gasteiger partial charge in [-0.05, 0) is 71.1 Å². The molecule has 0 saturated heterocycles. The maximum Gasteiger partial charge on any atom is 0.263 e. The van der Waals surface area contributed by atoms with E-state index >= 15 is 0 Å². The molecule has 3 heteroatoms. The third kappa shape index (κ3) is 3.35. The predicted octanol–water partition coefficient (Wildman–Crippen LogP) is 8.91. The van der Waals surface area contributed by atoms with Gasteiger partial charge >= 0.3 is 0 Å². The molecule has 2 aromatic heterocycles. The summed E-state index contributed by atoms with van der Waals surface area (Å²) in [6.07, 6.45) is 0. The second kappa shape index (κ2) is 8.82. The largest absolute Gasteiger partial charge is 0.309 e. The van der Waals surface area contributed by atoms with Gasteiger partial charge in [-0.1, -0.05) is 91.0 Å². The van der Waals surface area contributed by atoms with E-state index in [1.54, 1.807) is 0 Å². The maximum absolute atomic E-state index is 13.6. The molecule has 0 aliphatic rings. The topological polar surface area (TPSA) is 26.9 Å². The SMILES string of the molecule is O=c1c2ccccc2c2ccccc2n1-c1ccc(-c2ccc3c(c2)c2ccccc2n3-c2ccccc2)cc1. The van der Waals surface area contributed by atoms with E-state index in [9.17, 15) is 4.79 Å². The Morgan fingerprint density at radius 2 is 0.850 bits per heavy atom. The van der Waals surface area contributed by atoms with Crippen LogP contribution in [0.15, 0.2) is 150 Å². The van der Waals surface area contributed by atoms with Crippen molar-refractivity contribution in [2.24, 2.45) is 0 Å². The van der Waals surface area contributed by atoms with Crippen molar-refractivity contribution in [1.29, 1.82) is 0 Å². The van der Waals surface area contributed by atoms with Gasteiger partial charge in [0.15, 0.2) is 0 Å². The molecule has 8 aromatic rings. The number of fused-ring (bicyclic) bond motifs is 6. The second-order valence-electron chi connectivity index (χ2n) is 10.2. The molecule has 0 saturated carbocycles. The van der Waals surface area contributed by atoms with Crippen molar-refractivity contribution in [3.05, 3.63) is 156 Å². The highest BCUT2D eigenvalue weighted by molar-refractivity contribution is 6.10. The van der Waals surface area contributed by atoms with E-state index in [0.29, 0.717) is 0 Å². The number of pyridine rings is 1. The first-order chi connectivity index (χ1) is 19.8. The molecule has 0 atom stereocenters. The lowest BCUT2D eigenvalue weighted by Gasteiger charge is -2.14. The average Bonchev–Trinajstić information content (AvgIpc) is 3.36. The molecule has 0 unspecified atom stereocenters. The fourth-order valence-corrected chi connectivity index (χ4v) is 6.10. The molecule has 0 radical (unpaired) electrons. The van der Waals surface area contributed by atoms with Gasteiger partial charge < -0.3 is 4.57 Å². The third-order valence-corrected chi connectivity index (χ3v) is 7.94. The van der Waals surface area contributed by atoms with Crippen LogP contribution >= 0.6 is 0 Å². The number of benzene rings is 6. The van der Waals surface area contributed by atoms with E-state index in [4.69, 9.17) is 0 Å². The Labute approximate surface area is 230 Å². The molecule has 8 rings (SSSR count). The zero-order valence-electron chi connectivity index (χ0n) is 21.7. The van der Waals surface area contributed by atoms with Crippen molar-refractivity contribution < 1.29 is 0 Å². The highest BCUT2D eigenvalue weighted by Gasteiger charge is 2.14. The Morgan fingerprint density at radius 3 is 1.57 bits per heavy atom. The molecule has 0 amide bonds. The fourth-order valence-electron chi connectivity index (χ4n) is 6.10. The quantitative estimate of drug-likeness (QED) is 0.217. The van der Waals surface area contributed by atoms with Crippen molar-refractivity contribution in [2.75, 3.05) is 0 Å². The number of hydrogen-bond donors (Lipinski definition) is 0. The average molecular weight is 513 g/mol. The lowest BCUT2D eigenvalue weighted by atomic mass is 10.0. The molecule has 2 heterocycles. The summed E-state index contributed by atoms with van der Waals surface area (Å²) in [5, 5.41) is 5.23. The Balaban J connectivity index is 1.28. The first-order valence-corrected chi connectivity index (χ1v) is 13.5. The number of rotatable bonds is 3. The number of para-hydroxylation sites is 3. The van der Waals surface area contributed by atoms with E-state index in [2.05, 4.69) is 102 Å². The third-order valence-electron chi connectivity index (χ3n) is 7.94. The number of nitrogens with zero attached hydrogens (tertiary/aromatic N) is 2. The fraction of sp³-hybridized carbons (Fsp3) is 0. The van der Waals surface area contributed by atoms with Crippen molar-refractivity contribution in [1.82, 2.24) is 9.13 Å². The van der Waals surface area contributed by atoms with Crippen molar-refractivity contribution in [3.8, 4) is 22.5 Å². The van der Waals surface area contributed by atoms with E-state index in [0.717, 1.165) is 44.2 Å². The number of aromatic nitrogens is 2. The van der Waals surface area contributed by atoms with Crippen molar-refractivity contribution in [3.63, 3.8) is 0 Å². The van der Waals surface area contributed by atoms with Gasteiger partial charge in [0.25, 0.3) is 5.56 Å². The van der Waals surface area contributed by atoms with E-state index in [1.807, 2.05) is 53.1 Å². The zero-order chi connectivity index (χ0) is 26.6. The van der Waals surface area contributed by atoms with Crippen LogP contribution in [-0.4, -0.2) is 9.13 Å². The Kier molecular flexibility index (Phi) is 4.98. The van der Waals surface area contributed by atoms with E-state index < -0.39 is 0 Å². The summed E-state index contributed by atoms with van der Waals surface area (Å²) in [6, 6.07) is 50.1. The summed E-state index contributed by atoms with van der Waals surface area (Å²) < 4.78 is 4.16. The lowest BCUT2D eigenvalue weighted by molar-refractivity contribution is 1.06. The summed E-state index contributed by atoms with van der Waals surface area (Å²) >= 11 is 0. The molecular formula is C37H24N2O. The molecule has 0 aliphatic carbocycles. The van der Waals surface area contributed by atoms with Crippen LogP contribution in [0.25, 0.3) is 66.0 Å². The van der Waals surface area contributed by atoms with Gasteiger partial charge in [-0.15, -0.1) is 0 Å². The predicted molar refractivity (Wildman–Crippen MR) is 167 cm³/mol. The summed E-state index contributed by atoms with van der Waals surface area (Å²) in [5.41, 5.74) is 7.55. The normalized spacial score (nSPS) is 11.6. The molecule has 0 fully saturated rings. The van der Waals surface area contributed by atoms with Gasteiger partial charge in [0.2, 0.25) is 0 Å². The molecule has 0 spiro atoms. The lowest BCUT2D eigenvalue weighted by Crippen LogP contribution is -2.19. The van der Waals surface area contributed by atoms with Crippen LogP contribution in [0.5, 0.6) is 0 Å². The summed E-state index contributed by atoms with van der Waals surface area (Å²) in [5.74, 6) is 0. The minimum Gasteiger partial charge on any atom is -0.309 e. The van der Waals surface area contributed by atoms with Crippen LogP contribution < -0.4 is 5.56 Å². The van der Waals surface area contributed by atoms with Gasteiger partial charge in [-0.25, -0.2) is 0 Å². The Morgan fingerprint density at radius 1 is 0.350 bits per heavy atom. The summed E-state index contributed by atoms with van der Waals surface area (Å²) in [7, 11) is 0. The van der Waals surface area contributed by atoms with Gasteiger partial charge in [0, 0.05) is 32.9 Å². The molecular weight excluding hydrogens is 488 g/mol. The van der Waals surface area contributed by atoms with Gasteiger partial charge in [-0.2, -0.15) is 0 Å². The highest BCUT2D eigenvalue weighted by atomic mass is 16.1. The zero-order valence-corrected chi connectivity index (χ0v) is 21.7. The number of hydrogen-bond acceptors (Lipinski definition) is 1. The minimum atomic E-state index is -0.00260. The van der Waals surface area contributed by atoms with Gasteiger partial charge in [0.1, 0.15) is 0 Å². The molecule has 0 N–H and O–H groups in total. The maximum atomic E-state index is 13.6. The monoisotopic (exact) mass is 512 g/mol. The van der Waals surface area contributed by atoms with Gasteiger partial charge in [0.05, 0.1) is 16.6 Å².